The van der Waals surface area contributed by atoms with Crippen molar-refractivity contribution in [3.05, 3.63) is 9.95 Å². The summed E-state index contributed by atoms with van der Waals surface area (Å²) in [6, 6.07) is 0. The molecule has 0 aromatic carbocycles. The van der Waals surface area contributed by atoms with Crippen molar-refractivity contribution in [1.29, 1.82) is 0 Å². The van der Waals surface area contributed by atoms with E-state index >= 15 is 0 Å². The first kappa shape index (κ1) is 14.8. The molecular formula is C12H24Se2. The van der Waals surface area contributed by atoms with Gasteiger partial charge in [0.25, 0.3) is 0 Å². The van der Waals surface area contributed by atoms with Crippen molar-refractivity contribution in [2.75, 3.05) is 0 Å². The molecule has 0 aromatic rings. The Hall–Kier alpha value is 0.779. The van der Waals surface area contributed by atoms with Crippen molar-refractivity contribution in [2.24, 2.45) is 0 Å². The van der Waals surface area contributed by atoms with Crippen molar-refractivity contribution in [2.45, 2.75) is 63.0 Å². The van der Waals surface area contributed by atoms with Crippen LogP contribution in [-0.2, 0) is 0 Å². The first-order chi connectivity index (χ1) is 6.81. The van der Waals surface area contributed by atoms with Crippen molar-refractivity contribution < 1.29 is 0 Å². The third-order valence-electron chi connectivity index (χ3n) is 2.02. The average Bonchev–Trinajstić information content (AvgIpc) is 2.19. The molecule has 0 aliphatic rings. The van der Waals surface area contributed by atoms with E-state index in [1.807, 2.05) is 0 Å². The molecule has 0 fully saturated rings. The standard InChI is InChI=1S/C12H24Se2/c1-4-6-8-10-13-12(3)14-11-9-7-5-2/h3-11H2,1-2H3. The maximum atomic E-state index is 4.21. The topological polar surface area (TPSA) is 0 Å². The van der Waals surface area contributed by atoms with Crippen LogP contribution in [0.25, 0.3) is 0 Å². The van der Waals surface area contributed by atoms with Crippen molar-refractivity contribution in [1.82, 2.24) is 0 Å². The molecule has 0 unspecified atom stereocenters. The molecule has 0 atom stereocenters. The third kappa shape index (κ3) is 10.9. The summed E-state index contributed by atoms with van der Waals surface area (Å²) in [7, 11) is 0. The second-order valence-corrected chi connectivity index (χ2v) is 9.79. The van der Waals surface area contributed by atoms with Crippen molar-refractivity contribution in [3.63, 3.8) is 0 Å². The Kier molecular flexibility index (Phi) is 12.5. The van der Waals surface area contributed by atoms with Crippen LogP contribution in [0.3, 0.4) is 0 Å². The fourth-order valence-electron chi connectivity index (χ4n) is 1.12. The summed E-state index contributed by atoms with van der Waals surface area (Å²) in [4.78, 5) is 0. The van der Waals surface area contributed by atoms with Crippen LogP contribution in [0.1, 0.15) is 52.4 Å². The van der Waals surface area contributed by atoms with E-state index in [9.17, 15) is 0 Å². The van der Waals surface area contributed by atoms with Gasteiger partial charge in [-0.15, -0.1) is 0 Å². The van der Waals surface area contributed by atoms with E-state index < -0.39 is 0 Å². The van der Waals surface area contributed by atoms with Crippen LogP contribution >= 0.6 is 0 Å². The third-order valence-corrected chi connectivity index (χ3v) is 8.01. The molecule has 0 saturated carbocycles. The molecule has 0 spiro atoms. The molecule has 0 nitrogen and oxygen atoms in total. The molecule has 0 aliphatic heterocycles. The number of hydrogen-bond donors (Lipinski definition) is 0. The van der Waals surface area contributed by atoms with Crippen LogP contribution in [0.4, 0.5) is 0 Å². The van der Waals surface area contributed by atoms with Crippen LogP contribution in [0.2, 0.25) is 10.6 Å². The van der Waals surface area contributed by atoms with Gasteiger partial charge < -0.3 is 0 Å². The van der Waals surface area contributed by atoms with Crippen LogP contribution in [0, 0.1) is 0 Å². The number of hydrogen-bond acceptors (Lipinski definition) is 0. The Bertz CT molecular complexity index is 118. The van der Waals surface area contributed by atoms with Crippen LogP contribution in [0.15, 0.2) is 9.95 Å². The molecule has 84 valence electrons. The normalized spacial score (nSPS) is 10.4. The molecule has 14 heavy (non-hydrogen) atoms. The molecule has 0 bridgehead atoms. The van der Waals surface area contributed by atoms with E-state index in [0.29, 0.717) is 0 Å². The molecule has 0 N–H and O–H groups in total. The minimum absolute atomic E-state index is 0.765. The van der Waals surface area contributed by atoms with Gasteiger partial charge in [0.2, 0.25) is 0 Å². The monoisotopic (exact) mass is 328 g/mol. The molecule has 0 radical (unpaired) electrons. The van der Waals surface area contributed by atoms with Gasteiger partial charge in [-0.3, -0.25) is 0 Å². The second-order valence-electron chi connectivity index (χ2n) is 3.48. The van der Waals surface area contributed by atoms with Crippen LogP contribution < -0.4 is 0 Å². The predicted molar refractivity (Wildman–Crippen MR) is 69.3 cm³/mol. The summed E-state index contributed by atoms with van der Waals surface area (Å²) >= 11 is 1.53. The Morgan fingerprint density at radius 1 is 0.857 bits per heavy atom. The van der Waals surface area contributed by atoms with Crippen molar-refractivity contribution in [3.8, 4) is 0 Å². The molecule has 0 amide bonds. The summed E-state index contributed by atoms with van der Waals surface area (Å²) in [5.74, 6) is 0. The van der Waals surface area contributed by atoms with Gasteiger partial charge in [-0.25, -0.2) is 0 Å². The Balaban J connectivity index is 3.11. The zero-order valence-corrected chi connectivity index (χ0v) is 13.1. The minimum atomic E-state index is 0.765. The van der Waals surface area contributed by atoms with E-state index in [-0.39, 0.29) is 0 Å². The zero-order valence-electron chi connectivity index (χ0n) is 9.68. The number of unbranched alkanes of at least 4 members (excludes halogenated alkanes) is 4. The van der Waals surface area contributed by atoms with E-state index in [0.717, 1.165) is 29.9 Å². The SMILES string of the molecule is C=C([Se]CCCCC)[Se]CCCCC. The molecule has 0 rings (SSSR count). The summed E-state index contributed by atoms with van der Waals surface area (Å²) in [5.41, 5.74) is 0. The van der Waals surface area contributed by atoms with E-state index in [1.165, 1.54) is 49.2 Å². The summed E-state index contributed by atoms with van der Waals surface area (Å²) in [6.07, 6.45) is 8.39. The van der Waals surface area contributed by atoms with Gasteiger partial charge in [-0.05, 0) is 0 Å². The molecule has 0 heterocycles. The summed E-state index contributed by atoms with van der Waals surface area (Å²) < 4.78 is 1.61. The van der Waals surface area contributed by atoms with Crippen LogP contribution in [-0.4, -0.2) is 29.9 Å². The first-order valence-electron chi connectivity index (χ1n) is 5.75. The van der Waals surface area contributed by atoms with Crippen molar-refractivity contribution >= 4 is 29.9 Å². The van der Waals surface area contributed by atoms with E-state index in [2.05, 4.69) is 20.4 Å². The second kappa shape index (κ2) is 11.9. The summed E-state index contributed by atoms with van der Waals surface area (Å²) in [6.45, 7) is 8.75. The quantitative estimate of drug-likeness (QED) is 0.419. The molecule has 0 aliphatic carbocycles. The molecule has 0 saturated heterocycles. The van der Waals surface area contributed by atoms with Crippen LogP contribution in [0.5, 0.6) is 0 Å². The average molecular weight is 326 g/mol. The van der Waals surface area contributed by atoms with Gasteiger partial charge in [-0.1, -0.05) is 0 Å². The Morgan fingerprint density at radius 3 is 1.64 bits per heavy atom. The predicted octanol–water partition coefficient (Wildman–Crippen LogP) is 4.08. The zero-order chi connectivity index (χ0) is 10.6. The first-order valence-corrected chi connectivity index (χ1v) is 9.89. The van der Waals surface area contributed by atoms with Gasteiger partial charge in [0, 0.05) is 0 Å². The number of rotatable bonds is 10. The fourth-order valence-corrected chi connectivity index (χ4v) is 6.44. The van der Waals surface area contributed by atoms with Gasteiger partial charge in [-0.2, -0.15) is 0 Å². The van der Waals surface area contributed by atoms with Gasteiger partial charge in [0.1, 0.15) is 0 Å². The maximum absolute atomic E-state index is 4.21. The fraction of sp³-hybridized carbons (Fsp3) is 0.833. The molecule has 2 heteroatoms. The Labute approximate surface area is 103 Å². The van der Waals surface area contributed by atoms with E-state index in [4.69, 9.17) is 0 Å². The van der Waals surface area contributed by atoms with Gasteiger partial charge in [0.05, 0.1) is 0 Å². The Morgan fingerprint density at radius 2 is 1.29 bits per heavy atom. The molecule has 0 aromatic heterocycles. The molecular weight excluding hydrogens is 302 g/mol. The van der Waals surface area contributed by atoms with Gasteiger partial charge >= 0.3 is 103 Å². The van der Waals surface area contributed by atoms with E-state index in [1.54, 1.807) is 3.37 Å². The summed E-state index contributed by atoms with van der Waals surface area (Å²) in [5, 5.41) is 2.88. The van der Waals surface area contributed by atoms with Gasteiger partial charge in [0.15, 0.2) is 0 Å².